The smallest absolute Gasteiger partial charge is 0.0431 e. The first-order valence-corrected chi connectivity index (χ1v) is 7.54. The normalized spacial score (nSPS) is 16.8. The molecule has 1 aromatic rings. The summed E-state index contributed by atoms with van der Waals surface area (Å²) in [7, 11) is 0. The van der Waals surface area contributed by atoms with E-state index >= 15 is 0 Å². The van der Waals surface area contributed by atoms with E-state index in [1.165, 1.54) is 24.9 Å². The minimum Gasteiger partial charge on any atom is -0.396 e. The number of unbranched alkanes of at least 4 members (excludes halogenated alkanes) is 2. The molecule has 1 heterocycles. The van der Waals surface area contributed by atoms with Crippen molar-refractivity contribution in [3.05, 3.63) is 30.3 Å². The first-order chi connectivity index (χ1) is 9.40. The molecule has 1 saturated heterocycles. The van der Waals surface area contributed by atoms with Gasteiger partial charge in [0.05, 0.1) is 0 Å². The van der Waals surface area contributed by atoms with Gasteiger partial charge in [0.25, 0.3) is 0 Å². The van der Waals surface area contributed by atoms with Crippen LogP contribution in [0, 0.1) is 0 Å². The van der Waals surface area contributed by atoms with Crippen LogP contribution in [-0.2, 0) is 0 Å². The summed E-state index contributed by atoms with van der Waals surface area (Å²) in [5, 5.41) is 12.4. The summed E-state index contributed by atoms with van der Waals surface area (Å²) in [5.74, 6) is 0. The van der Waals surface area contributed by atoms with Gasteiger partial charge in [0.15, 0.2) is 0 Å². The maximum atomic E-state index is 8.73. The average molecular weight is 262 g/mol. The van der Waals surface area contributed by atoms with E-state index in [0.29, 0.717) is 12.6 Å². The fourth-order valence-electron chi connectivity index (χ4n) is 2.70. The number of anilines is 1. The Morgan fingerprint density at radius 2 is 1.79 bits per heavy atom. The average Bonchev–Trinajstić information content (AvgIpc) is 2.49. The molecule has 0 aromatic heterocycles. The lowest BCUT2D eigenvalue weighted by molar-refractivity contribution is 0.282. The Balaban J connectivity index is 1.63. The lowest BCUT2D eigenvalue weighted by Crippen LogP contribution is -2.42. The maximum Gasteiger partial charge on any atom is 0.0431 e. The van der Waals surface area contributed by atoms with E-state index in [0.717, 1.165) is 32.5 Å². The van der Waals surface area contributed by atoms with Gasteiger partial charge < -0.3 is 15.3 Å². The Morgan fingerprint density at radius 3 is 2.47 bits per heavy atom. The number of aliphatic hydroxyl groups is 1. The molecule has 2 N–H and O–H groups in total. The molecule has 106 valence electrons. The Bertz CT molecular complexity index is 334. The minimum atomic E-state index is 0.329. The highest BCUT2D eigenvalue weighted by molar-refractivity contribution is 5.46. The molecule has 3 nitrogen and oxygen atoms in total. The molecular weight excluding hydrogens is 236 g/mol. The van der Waals surface area contributed by atoms with Gasteiger partial charge in [-0.2, -0.15) is 0 Å². The van der Waals surface area contributed by atoms with Crippen molar-refractivity contribution in [2.24, 2.45) is 0 Å². The van der Waals surface area contributed by atoms with Gasteiger partial charge in [0.2, 0.25) is 0 Å². The first-order valence-electron chi connectivity index (χ1n) is 7.54. The number of aliphatic hydroxyl groups excluding tert-OH is 1. The van der Waals surface area contributed by atoms with Crippen LogP contribution in [-0.4, -0.2) is 37.4 Å². The van der Waals surface area contributed by atoms with Crippen LogP contribution >= 0.6 is 0 Å². The van der Waals surface area contributed by atoms with Gasteiger partial charge in [0.1, 0.15) is 0 Å². The molecule has 2 rings (SSSR count). The molecule has 1 aliphatic heterocycles. The molecule has 1 aliphatic rings. The van der Waals surface area contributed by atoms with Gasteiger partial charge in [0, 0.05) is 31.4 Å². The molecule has 0 amide bonds. The molecule has 0 unspecified atom stereocenters. The molecule has 1 aromatic carbocycles. The Hall–Kier alpha value is -1.06. The fraction of sp³-hybridized carbons (Fsp3) is 0.625. The number of piperidine rings is 1. The first kappa shape index (κ1) is 14.4. The van der Waals surface area contributed by atoms with Crippen LogP contribution in [0.3, 0.4) is 0 Å². The second-order valence-corrected chi connectivity index (χ2v) is 5.34. The standard InChI is InChI=1S/C16H26N2O/c19-14-6-2-5-11-17-15-9-12-18(13-10-15)16-7-3-1-4-8-16/h1,3-4,7-8,15,17,19H,2,5-6,9-14H2. The van der Waals surface area contributed by atoms with Crippen LogP contribution in [0.2, 0.25) is 0 Å². The van der Waals surface area contributed by atoms with E-state index in [-0.39, 0.29) is 0 Å². The number of rotatable bonds is 7. The summed E-state index contributed by atoms with van der Waals surface area (Å²) in [6.45, 7) is 3.72. The monoisotopic (exact) mass is 262 g/mol. The number of hydrogen-bond acceptors (Lipinski definition) is 3. The van der Waals surface area contributed by atoms with Gasteiger partial charge in [-0.25, -0.2) is 0 Å². The van der Waals surface area contributed by atoms with Crippen molar-refractivity contribution in [1.82, 2.24) is 5.32 Å². The van der Waals surface area contributed by atoms with Gasteiger partial charge in [-0.1, -0.05) is 18.2 Å². The van der Waals surface area contributed by atoms with Crippen molar-refractivity contribution in [2.75, 3.05) is 31.1 Å². The van der Waals surface area contributed by atoms with Crippen molar-refractivity contribution in [3.8, 4) is 0 Å². The van der Waals surface area contributed by atoms with E-state index < -0.39 is 0 Å². The van der Waals surface area contributed by atoms with Gasteiger partial charge in [-0.15, -0.1) is 0 Å². The molecule has 0 spiro atoms. The third kappa shape index (κ3) is 4.84. The SMILES string of the molecule is OCCCCCNC1CCN(c2ccccc2)CC1. The van der Waals surface area contributed by atoms with Crippen molar-refractivity contribution in [1.29, 1.82) is 0 Å². The van der Waals surface area contributed by atoms with Crippen LogP contribution in [0.4, 0.5) is 5.69 Å². The summed E-state index contributed by atoms with van der Waals surface area (Å²) in [6.07, 6.45) is 5.71. The maximum absolute atomic E-state index is 8.73. The second kappa shape index (κ2) is 8.18. The Kier molecular flexibility index (Phi) is 6.18. The highest BCUT2D eigenvalue weighted by Gasteiger charge is 2.18. The summed E-state index contributed by atoms with van der Waals surface area (Å²) in [5.41, 5.74) is 1.35. The fourth-order valence-corrected chi connectivity index (χ4v) is 2.70. The lowest BCUT2D eigenvalue weighted by atomic mass is 10.0. The zero-order chi connectivity index (χ0) is 13.3. The molecule has 0 bridgehead atoms. The number of nitrogens with one attached hydrogen (secondary N) is 1. The van der Waals surface area contributed by atoms with Crippen molar-refractivity contribution in [2.45, 2.75) is 38.1 Å². The highest BCUT2D eigenvalue weighted by atomic mass is 16.2. The van der Waals surface area contributed by atoms with Crippen molar-refractivity contribution < 1.29 is 5.11 Å². The third-order valence-electron chi connectivity index (χ3n) is 3.88. The van der Waals surface area contributed by atoms with Crippen LogP contribution in [0.25, 0.3) is 0 Å². The third-order valence-corrected chi connectivity index (χ3v) is 3.88. The molecule has 19 heavy (non-hydrogen) atoms. The van der Waals surface area contributed by atoms with Gasteiger partial charge >= 0.3 is 0 Å². The summed E-state index contributed by atoms with van der Waals surface area (Å²) in [4.78, 5) is 2.48. The van der Waals surface area contributed by atoms with Crippen LogP contribution in [0.5, 0.6) is 0 Å². The number of benzene rings is 1. The Labute approximate surface area is 116 Å². The topological polar surface area (TPSA) is 35.5 Å². The molecule has 0 radical (unpaired) electrons. The summed E-state index contributed by atoms with van der Waals surface area (Å²) in [6, 6.07) is 11.4. The quantitative estimate of drug-likeness (QED) is 0.741. The van der Waals surface area contributed by atoms with Crippen molar-refractivity contribution >= 4 is 5.69 Å². The summed E-state index contributed by atoms with van der Waals surface area (Å²) >= 11 is 0. The molecule has 0 atom stereocenters. The minimum absolute atomic E-state index is 0.329. The van der Waals surface area contributed by atoms with E-state index in [4.69, 9.17) is 5.11 Å². The van der Waals surface area contributed by atoms with E-state index in [1.54, 1.807) is 0 Å². The van der Waals surface area contributed by atoms with E-state index in [9.17, 15) is 0 Å². The molecule has 3 heteroatoms. The van der Waals surface area contributed by atoms with Gasteiger partial charge in [-0.05, 0) is 50.8 Å². The second-order valence-electron chi connectivity index (χ2n) is 5.34. The largest absolute Gasteiger partial charge is 0.396 e. The number of para-hydroxylation sites is 1. The van der Waals surface area contributed by atoms with Crippen molar-refractivity contribution in [3.63, 3.8) is 0 Å². The van der Waals surface area contributed by atoms with Crippen LogP contribution in [0.1, 0.15) is 32.1 Å². The molecule has 0 saturated carbocycles. The van der Waals surface area contributed by atoms with E-state index in [1.807, 2.05) is 0 Å². The molecule has 0 aliphatic carbocycles. The van der Waals surface area contributed by atoms with Crippen LogP contribution < -0.4 is 10.2 Å². The summed E-state index contributed by atoms with van der Waals surface area (Å²) < 4.78 is 0. The zero-order valence-electron chi connectivity index (χ0n) is 11.7. The number of hydrogen-bond donors (Lipinski definition) is 2. The highest BCUT2D eigenvalue weighted by Crippen LogP contribution is 2.19. The predicted molar refractivity (Wildman–Crippen MR) is 80.6 cm³/mol. The predicted octanol–water partition coefficient (Wildman–Crippen LogP) is 2.41. The zero-order valence-corrected chi connectivity index (χ0v) is 11.7. The van der Waals surface area contributed by atoms with E-state index in [2.05, 4.69) is 40.5 Å². The molecular formula is C16H26N2O. The van der Waals surface area contributed by atoms with Gasteiger partial charge in [-0.3, -0.25) is 0 Å². The Morgan fingerprint density at radius 1 is 1.05 bits per heavy atom. The van der Waals surface area contributed by atoms with Crippen LogP contribution in [0.15, 0.2) is 30.3 Å². The lowest BCUT2D eigenvalue weighted by Gasteiger charge is -2.34. The number of nitrogens with zero attached hydrogens (tertiary/aromatic N) is 1. The molecule has 1 fully saturated rings.